The molecule has 0 bridgehead atoms. The molecule has 80 valence electrons. The zero-order chi connectivity index (χ0) is 10.8. The maximum atomic E-state index is 11.3. The number of esters is 1. The fourth-order valence-electron chi connectivity index (χ4n) is 1.63. The number of carbonyl (C=O) groups excluding carboxylic acids is 1. The predicted octanol–water partition coefficient (Wildman–Crippen LogP) is 3.02. The number of benzene rings is 1. The smallest absolute Gasteiger partial charge is 0.328 e. The van der Waals surface area contributed by atoms with E-state index >= 15 is 0 Å². The van der Waals surface area contributed by atoms with Crippen molar-refractivity contribution >= 4 is 17.6 Å². The summed E-state index contributed by atoms with van der Waals surface area (Å²) in [6.45, 7) is 0. The fraction of sp³-hybridized carbons (Fsp3) is 0.417. The Bertz CT molecular complexity index is 372. The molecule has 0 aliphatic heterocycles. The van der Waals surface area contributed by atoms with E-state index in [1.807, 2.05) is 18.2 Å². The van der Waals surface area contributed by atoms with E-state index in [0.29, 0.717) is 5.92 Å². The molecule has 0 spiro atoms. The molecule has 1 fully saturated rings. The minimum absolute atomic E-state index is 0.399. The second-order valence-electron chi connectivity index (χ2n) is 3.83. The molecule has 0 amide bonds. The third kappa shape index (κ3) is 2.32. The van der Waals surface area contributed by atoms with Gasteiger partial charge in [-0.2, -0.15) is 0 Å². The van der Waals surface area contributed by atoms with E-state index < -0.39 is 11.3 Å². The summed E-state index contributed by atoms with van der Waals surface area (Å²) in [5, 5.41) is -0.686. The van der Waals surface area contributed by atoms with Gasteiger partial charge in [0.15, 0.2) is 5.38 Å². The van der Waals surface area contributed by atoms with Crippen LogP contribution in [-0.2, 0) is 9.53 Å². The first-order chi connectivity index (χ1) is 7.22. The van der Waals surface area contributed by atoms with Crippen LogP contribution in [0, 0.1) is 0 Å². The van der Waals surface area contributed by atoms with E-state index in [4.69, 9.17) is 11.6 Å². The monoisotopic (exact) mass is 224 g/mol. The highest BCUT2D eigenvalue weighted by Crippen LogP contribution is 2.40. The van der Waals surface area contributed by atoms with Crippen LogP contribution in [0.4, 0.5) is 0 Å². The Morgan fingerprint density at radius 2 is 2.27 bits per heavy atom. The van der Waals surface area contributed by atoms with E-state index in [9.17, 15) is 4.79 Å². The summed E-state index contributed by atoms with van der Waals surface area (Å²) in [5.74, 6) is 0.274. The number of halogens is 1. The van der Waals surface area contributed by atoms with Gasteiger partial charge >= 0.3 is 5.97 Å². The normalized spacial score (nSPS) is 17.2. The minimum atomic E-state index is -0.686. The lowest BCUT2D eigenvalue weighted by Crippen LogP contribution is -2.08. The molecule has 0 N–H and O–H groups in total. The third-order valence-corrected chi connectivity index (χ3v) is 3.09. The number of hydrogen-bond acceptors (Lipinski definition) is 2. The summed E-state index contributed by atoms with van der Waals surface area (Å²) in [7, 11) is 1.35. The summed E-state index contributed by atoms with van der Waals surface area (Å²) in [4.78, 5) is 11.3. The van der Waals surface area contributed by atoms with Crippen LogP contribution >= 0.6 is 11.6 Å². The highest BCUT2D eigenvalue weighted by Gasteiger charge is 2.25. The van der Waals surface area contributed by atoms with Gasteiger partial charge in [0, 0.05) is 0 Å². The number of alkyl halides is 1. The number of methoxy groups -OCH3 is 1. The molecule has 1 aliphatic rings. The first kappa shape index (κ1) is 10.5. The van der Waals surface area contributed by atoms with Gasteiger partial charge in [0.2, 0.25) is 0 Å². The molecule has 3 heteroatoms. The molecule has 2 nitrogen and oxygen atoms in total. The number of rotatable bonds is 3. The molecule has 2 rings (SSSR count). The summed E-state index contributed by atoms with van der Waals surface area (Å²) in [6, 6.07) is 7.90. The summed E-state index contributed by atoms with van der Waals surface area (Å²) in [5.41, 5.74) is 2.11. The van der Waals surface area contributed by atoms with Gasteiger partial charge in [0.1, 0.15) is 0 Å². The van der Waals surface area contributed by atoms with Gasteiger partial charge in [0.25, 0.3) is 0 Å². The number of carbonyl (C=O) groups is 1. The molecule has 1 atom stereocenters. The summed E-state index contributed by atoms with van der Waals surface area (Å²) in [6.07, 6.45) is 2.49. The summed E-state index contributed by atoms with van der Waals surface area (Å²) < 4.78 is 4.61. The van der Waals surface area contributed by atoms with Crippen molar-refractivity contribution in [2.24, 2.45) is 0 Å². The average molecular weight is 225 g/mol. The fourth-order valence-corrected chi connectivity index (χ4v) is 1.85. The molecule has 0 radical (unpaired) electrons. The molecular weight excluding hydrogens is 212 g/mol. The molecule has 1 aromatic carbocycles. The van der Waals surface area contributed by atoms with Crippen molar-refractivity contribution in [2.45, 2.75) is 24.1 Å². The molecule has 15 heavy (non-hydrogen) atoms. The topological polar surface area (TPSA) is 26.3 Å². The van der Waals surface area contributed by atoms with E-state index in [2.05, 4.69) is 10.8 Å². The highest BCUT2D eigenvalue weighted by molar-refractivity contribution is 6.29. The Kier molecular flexibility index (Phi) is 2.96. The lowest BCUT2D eigenvalue weighted by molar-refractivity contribution is -0.140. The van der Waals surface area contributed by atoms with Crippen LogP contribution in [0.2, 0.25) is 0 Å². The molecule has 0 aromatic heterocycles. The quantitative estimate of drug-likeness (QED) is 0.583. The first-order valence-electron chi connectivity index (χ1n) is 5.04. The molecule has 0 heterocycles. The molecule has 1 saturated carbocycles. The van der Waals surface area contributed by atoms with Crippen LogP contribution in [0.5, 0.6) is 0 Å². The second kappa shape index (κ2) is 4.23. The minimum Gasteiger partial charge on any atom is -0.468 e. The lowest BCUT2D eigenvalue weighted by atomic mass is 10.0. The number of hydrogen-bond donors (Lipinski definition) is 0. The summed E-state index contributed by atoms with van der Waals surface area (Å²) >= 11 is 5.98. The van der Waals surface area contributed by atoms with Gasteiger partial charge in [-0.15, -0.1) is 11.6 Å². The van der Waals surface area contributed by atoms with Gasteiger partial charge in [-0.25, -0.2) is 0 Å². The van der Waals surface area contributed by atoms with Crippen molar-refractivity contribution in [1.82, 2.24) is 0 Å². The maximum absolute atomic E-state index is 11.3. The Balaban J connectivity index is 2.19. The highest BCUT2D eigenvalue weighted by atomic mass is 35.5. The SMILES string of the molecule is COC(=O)C(Cl)c1cccc(C2CC2)c1. The van der Waals surface area contributed by atoms with Crippen molar-refractivity contribution in [1.29, 1.82) is 0 Å². The molecular formula is C12H13ClO2. The Morgan fingerprint density at radius 3 is 2.87 bits per heavy atom. The van der Waals surface area contributed by atoms with Crippen LogP contribution in [0.3, 0.4) is 0 Å². The standard InChI is InChI=1S/C12H13ClO2/c1-15-12(14)11(13)10-4-2-3-9(7-10)8-5-6-8/h2-4,7-8,11H,5-6H2,1H3. The molecule has 1 aromatic rings. The third-order valence-electron chi connectivity index (χ3n) is 2.66. The Hall–Kier alpha value is -1.02. The Morgan fingerprint density at radius 1 is 1.53 bits per heavy atom. The number of ether oxygens (including phenoxy) is 1. The zero-order valence-corrected chi connectivity index (χ0v) is 9.33. The van der Waals surface area contributed by atoms with Crippen molar-refractivity contribution in [3.05, 3.63) is 35.4 Å². The van der Waals surface area contributed by atoms with Crippen LogP contribution < -0.4 is 0 Å². The zero-order valence-electron chi connectivity index (χ0n) is 8.57. The van der Waals surface area contributed by atoms with Gasteiger partial charge in [-0.05, 0) is 29.9 Å². The van der Waals surface area contributed by atoms with Crippen molar-refractivity contribution in [2.75, 3.05) is 7.11 Å². The average Bonchev–Trinajstić information content (AvgIpc) is 3.11. The van der Waals surface area contributed by atoms with E-state index in [0.717, 1.165) is 5.56 Å². The van der Waals surface area contributed by atoms with Gasteiger partial charge < -0.3 is 4.74 Å². The van der Waals surface area contributed by atoms with E-state index in [1.54, 1.807) is 0 Å². The molecule has 1 aliphatic carbocycles. The van der Waals surface area contributed by atoms with E-state index in [-0.39, 0.29) is 0 Å². The van der Waals surface area contributed by atoms with Crippen molar-refractivity contribution in [3.63, 3.8) is 0 Å². The first-order valence-corrected chi connectivity index (χ1v) is 5.48. The van der Waals surface area contributed by atoms with Gasteiger partial charge in [-0.3, -0.25) is 4.79 Å². The van der Waals surface area contributed by atoms with Gasteiger partial charge in [-0.1, -0.05) is 24.3 Å². The van der Waals surface area contributed by atoms with E-state index in [1.165, 1.54) is 25.5 Å². The molecule has 0 saturated heterocycles. The van der Waals surface area contributed by atoms with Crippen LogP contribution in [0.15, 0.2) is 24.3 Å². The van der Waals surface area contributed by atoms with Crippen LogP contribution in [0.25, 0.3) is 0 Å². The van der Waals surface area contributed by atoms with Crippen LogP contribution in [-0.4, -0.2) is 13.1 Å². The largest absolute Gasteiger partial charge is 0.468 e. The second-order valence-corrected chi connectivity index (χ2v) is 4.27. The Labute approximate surface area is 94.2 Å². The van der Waals surface area contributed by atoms with Crippen LogP contribution in [0.1, 0.15) is 35.3 Å². The van der Waals surface area contributed by atoms with Crippen molar-refractivity contribution < 1.29 is 9.53 Å². The van der Waals surface area contributed by atoms with Gasteiger partial charge in [0.05, 0.1) is 7.11 Å². The predicted molar refractivity (Wildman–Crippen MR) is 59.0 cm³/mol. The van der Waals surface area contributed by atoms with Crippen molar-refractivity contribution in [3.8, 4) is 0 Å². The maximum Gasteiger partial charge on any atom is 0.328 e. The molecule has 1 unspecified atom stereocenters. The lowest BCUT2D eigenvalue weighted by Gasteiger charge is -2.08.